The number of hydrogen-bond acceptors (Lipinski definition) is 6. The molecular formula is C30H28ClFN2O6. The first kappa shape index (κ1) is 26.7. The average Bonchev–Trinajstić information content (AvgIpc) is 3.28. The summed E-state index contributed by atoms with van der Waals surface area (Å²) in [7, 11) is 1.48. The minimum atomic E-state index is -1.27. The lowest BCUT2D eigenvalue weighted by Crippen LogP contribution is -2.49. The van der Waals surface area contributed by atoms with Gasteiger partial charge in [0.15, 0.2) is 0 Å². The number of aliphatic hydroxyl groups is 1. The molecule has 2 aliphatic heterocycles. The number of likely N-dealkylation sites (tertiary alicyclic amines) is 1. The van der Waals surface area contributed by atoms with Gasteiger partial charge in [-0.3, -0.25) is 24.1 Å². The molecule has 0 spiro atoms. The van der Waals surface area contributed by atoms with Crippen LogP contribution in [0.4, 0.5) is 10.1 Å². The lowest BCUT2D eigenvalue weighted by Gasteiger charge is -2.49. The Labute approximate surface area is 235 Å². The summed E-state index contributed by atoms with van der Waals surface area (Å²) in [5, 5.41) is 9.21. The van der Waals surface area contributed by atoms with Gasteiger partial charge in [-0.25, -0.2) is 9.29 Å². The van der Waals surface area contributed by atoms with E-state index in [2.05, 4.69) is 0 Å². The Morgan fingerprint density at radius 2 is 1.82 bits per heavy atom. The van der Waals surface area contributed by atoms with Crippen molar-refractivity contribution in [3.8, 4) is 5.75 Å². The fourth-order valence-electron chi connectivity index (χ4n) is 7.39. The first-order chi connectivity index (χ1) is 19.1. The van der Waals surface area contributed by atoms with Crippen LogP contribution in [0.1, 0.15) is 31.2 Å². The van der Waals surface area contributed by atoms with Crippen molar-refractivity contribution in [2.24, 2.45) is 29.1 Å². The zero-order valence-corrected chi connectivity index (χ0v) is 22.7. The molecular weight excluding hydrogens is 539 g/mol. The predicted octanol–water partition coefficient (Wildman–Crippen LogP) is 3.71. The molecule has 0 unspecified atom stereocenters. The molecule has 6 atom stereocenters. The Morgan fingerprint density at radius 1 is 1.07 bits per heavy atom. The number of allylic oxidation sites excluding steroid dienone is 2. The third-order valence-corrected chi connectivity index (χ3v) is 9.52. The summed E-state index contributed by atoms with van der Waals surface area (Å²) < 4.78 is 19.9. The number of carbonyl (C=O) groups excluding carboxylic acids is 4. The van der Waals surface area contributed by atoms with Crippen molar-refractivity contribution in [3.05, 3.63) is 70.5 Å². The minimum Gasteiger partial charge on any atom is -0.491 e. The Bertz CT molecular complexity index is 1490. The Hall–Kier alpha value is -3.56. The van der Waals surface area contributed by atoms with E-state index in [1.807, 2.05) is 18.2 Å². The molecule has 2 aliphatic carbocycles. The zero-order valence-electron chi connectivity index (χ0n) is 22.0. The van der Waals surface area contributed by atoms with Gasteiger partial charge in [-0.05, 0) is 49.9 Å². The normalized spacial score (nSPS) is 31.2. The van der Waals surface area contributed by atoms with Gasteiger partial charge < -0.3 is 9.84 Å². The summed E-state index contributed by atoms with van der Waals surface area (Å²) in [6.07, 6.45) is 2.52. The monoisotopic (exact) mass is 566 g/mol. The summed E-state index contributed by atoms with van der Waals surface area (Å²) in [5.74, 6) is -4.72. The number of rotatable bonds is 5. The number of ether oxygens (including phenoxy) is 1. The highest BCUT2D eigenvalue weighted by Gasteiger charge is 2.67. The van der Waals surface area contributed by atoms with Crippen LogP contribution in [-0.4, -0.2) is 53.9 Å². The molecule has 4 aliphatic rings. The number of hydrogen-bond donors (Lipinski definition) is 1. The van der Waals surface area contributed by atoms with E-state index >= 15 is 0 Å². The summed E-state index contributed by atoms with van der Waals surface area (Å²) in [4.78, 5) is 57.0. The summed E-state index contributed by atoms with van der Waals surface area (Å²) in [6, 6.07) is 10.9. The van der Waals surface area contributed by atoms with E-state index in [9.17, 15) is 28.7 Å². The van der Waals surface area contributed by atoms with Gasteiger partial charge in [0.1, 0.15) is 18.2 Å². The molecule has 3 fully saturated rings. The SMILES string of the molecule is CN1C(=O)[C@H]2[C@H](CC=C3[C@H]2C[C@H]2C(=O)N(c4ccc(F)c(Cl)c4)C(=O)[C@@]2(C)[C@H]3c2ccccc2OCCO)C1=O. The van der Waals surface area contributed by atoms with Gasteiger partial charge in [0.25, 0.3) is 0 Å². The third-order valence-electron chi connectivity index (χ3n) is 9.24. The summed E-state index contributed by atoms with van der Waals surface area (Å²) in [6.45, 7) is 1.57. The number of anilines is 1. The highest BCUT2D eigenvalue weighted by Crippen LogP contribution is 2.64. The number of amides is 4. The highest BCUT2D eigenvalue weighted by molar-refractivity contribution is 6.31. The molecule has 2 aromatic carbocycles. The quantitative estimate of drug-likeness (QED) is 0.437. The van der Waals surface area contributed by atoms with Crippen molar-refractivity contribution in [2.45, 2.75) is 25.7 Å². The fraction of sp³-hybridized carbons (Fsp3) is 0.400. The van der Waals surface area contributed by atoms with Crippen molar-refractivity contribution in [2.75, 3.05) is 25.2 Å². The molecule has 1 N–H and O–H groups in total. The van der Waals surface area contributed by atoms with Gasteiger partial charge in [-0.2, -0.15) is 0 Å². The van der Waals surface area contributed by atoms with Crippen molar-refractivity contribution in [1.82, 2.24) is 4.90 Å². The highest BCUT2D eigenvalue weighted by atomic mass is 35.5. The number of nitrogens with zero attached hydrogens (tertiary/aromatic N) is 2. The number of benzene rings is 2. The predicted molar refractivity (Wildman–Crippen MR) is 143 cm³/mol. The van der Waals surface area contributed by atoms with Crippen LogP contribution in [0.15, 0.2) is 54.1 Å². The second kappa shape index (κ2) is 9.52. The topological polar surface area (TPSA) is 104 Å². The molecule has 8 nitrogen and oxygen atoms in total. The Kier molecular flexibility index (Phi) is 6.34. The van der Waals surface area contributed by atoms with Gasteiger partial charge in [-0.1, -0.05) is 41.4 Å². The number of imide groups is 2. The molecule has 0 radical (unpaired) electrons. The summed E-state index contributed by atoms with van der Waals surface area (Å²) >= 11 is 6.03. The Balaban J connectivity index is 1.54. The van der Waals surface area contributed by atoms with Crippen LogP contribution in [-0.2, 0) is 19.2 Å². The second-order valence-electron chi connectivity index (χ2n) is 11.1. The van der Waals surface area contributed by atoms with Crippen LogP contribution in [0.3, 0.4) is 0 Å². The molecule has 10 heteroatoms. The number of para-hydroxylation sites is 1. The fourth-order valence-corrected chi connectivity index (χ4v) is 7.57. The molecule has 1 saturated carbocycles. The molecule has 6 rings (SSSR count). The molecule has 4 amide bonds. The number of aliphatic hydroxyl groups excluding tert-OH is 1. The number of halogens is 2. The van der Waals surface area contributed by atoms with Gasteiger partial charge in [-0.15, -0.1) is 0 Å². The largest absolute Gasteiger partial charge is 0.491 e. The average molecular weight is 567 g/mol. The molecule has 208 valence electrons. The standard InChI is InChI=1S/C30H28ClFN2O6/c1-30-20(27(37)34(29(30)39)15-7-10-22(32)21(31)13-15)14-19-16(8-9-18-24(19)28(38)33(2)26(18)36)25(30)17-5-3-4-6-23(17)40-12-11-35/h3-8,10,13,18-20,24-25,35H,9,11-12,14H2,1-2H3/t18-,19+,20-,24-,25+,30+/m0/s1. The van der Waals surface area contributed by atoms with E-state index < -0.39 is 52.6 Å². The van der Waals surface area contributed by atoms with Crippen LogP contribution in [0.5, 0.6) is 5.75 Å². The number of fused-ring (bicyclic) bond motifs is 4. The van der Waals surface area contributed by atoms with Gasteiger partial charge >= 0.3 is 0 Å². The van der Waals surface area contributed by atoms with Crippen LogP contribution in [0, 0.1) is 34.9 Å². The lowest BCUT2D eigenvalue weighted by atomic mass is 9.51. The van der Waals surface area contributed by atoms with Crippen LogP contribution < -0.4 is 9.64 Å². The maximum Gasteiger partial charge on any atom is 0.241 e. The van der Waals surface area contributed by atoms with Crippen molar-refractivity contribution in [1.29, 1.82) is 0 Å². The molecule has 40 heavy (non-hydrogen) atoms. The second-order valence-corrected chi connectivity index (χ2v) is 11.5. The smallest absolute Gasteiger partial charge is 0.241 e. The van der Waals surface area contributed by atoms with E-state index in [-0.39, 0.29) is 42.2 Å². The lowest BCUT2D eigenvalue weighted by molar-refractivity contribution is -0.138. The molecule has 2 heterocycles. The minimum absolute atomic E-state index is 0.0297. The maximum atomic E-state index is 14.4. The zero-order chi connectivity index (χ0) is 28.5. The van der Waals surface area contributed by atoms with Gasteiger partial charge in [0, 0.05) is 18.5 Å². The summed E-state index contributed by atoms with van der Waals surface area (Å²) in [5.41, 5.74) is 0.380. The first-order valence-corrected chi connectivity index (χ1v) is 13.7. The van der Waals surface area contributed by atoms with E-state index in [1.165, 1.54) is 24.1 Å². The van der Waals surface area contributed by atoms with Crippen LogP contribution in [0.25, 0.3) is 0 Å². The van der Waals surface area contributed by atoms with E-state index in [0.717, 1.165) is 16.5 Å². The molecule has 0 bridgehead atoms. The molecule has 2 saturated heterocycles. The van der Waals surface area contributed by atoms with E-state index in [4.69, 9.17) is 16.3 Å². The first-order valence-electron chi connectivity index (χ1n) is 13.3. The number of carbonyl (C=O) groups is 4. The molecule has 2 aromatic rings. The van der Waals surface area contributed by atoms with Crippen LogP contribution >= 0.6 is 11.6 Å². The van der Waals surface area contributed by atoms with Gasteiger partial charge in [0.05, 0.1) is 40.5 Å². The van der Waals surface area contributed by atoms with E-state index in [0.29, 0.717) is 17.7 Å². The Morgan fingerprint density at radius 3 is 2.55 bits per heavy atom. The maximum absolute atomic E-state index is 14.4. The van der Waals surface area contributed by atoms with Gasteiger partial charge in [0.2, 0.25) is 23.6 Å². The van der Waals surface area contributed by atoms with Crippen molar-refractivity contribution >= 4 is 40.9 Å². The van der Waals surface area contributed by atoms with Crippen molar-refractivity contribution < 1.29 is 33.4 Å². The van der Waals surface area contributed by atoms with Crippen LogP contribution in [0.2, 0.25) is 5.02 Å². The van der Waals surface area contributed by atoms with E-state index in [1.54, 1.807) is 19.1 Å². The molecule has 0 aromatic heterocycles. The van der Waals surface area contributed by atoms with Crippen molar-refractivity contribution in [3.63, 3.8) is 0 Å². The third kappa shape index (κ3) is 3.60.